The van der Waals surface area contributed by atoms with Crippen molar-refractivity contribution in [3.8, 4) is 28.7 Å². The summed E-state index contributed by atoms with van der Waals surface area (Å²) in [6.45, 7) is 2.51. The van der Waals surface area contributed by atoms with E-state index in [0.717, 1.165) is 28.2 Å². The van der Waals surface area contributed by atoms with Gasteiger partial charge < -0.3 is 9.47 Å². The molecular weight excluding hydrogens is 310 g/mol. The van der Waals surface area contributed by atoms with Crippen molar-refractivity contribution < 1.29 is 9.47 Å². The van der Waals surface area contributed by atoms with Crippen LogP contribution in [0.25, 0.3) is 11.1 Å². The van der Waals surface area contributed by atoms with Crippen molar-refractivity contribution in [3.05, 3.63) is 83.4 Å². The van der Waals surface area contributed by atoms with Gasteiger partial charge in [0.15, 0.2) is 0 Å². The van der Waals surface area contributed by atoms with Crippen molar-refractivity contribution in [2.45, 2.75) is 13.5 Å². The molecule has 3 heteroatoms. The number of rotatable bonds is 5. The predicted octanol–water partition coefficient (Wildman–Crippen LogP) is 5.12. The smallest absolute Gasteiger partial charge is 0.125 e. The lowest BCUT2D eigenvalue weighted by atomic mass is 10.0. The molecule has 0 atom stereocenters. The highest BCUT2D eigenvalue weighted by molar-refractivity contribution is 5.64. The van der Waals surface area contributed by atoms with Crippen LogP contribution in [0.5, 0.6) is 11.5 Å². The Morgan fingerprint density at radius 2 is 1.52 bits per heavy atom. The molecule has 0 bridgehead atoms. The Hall–Kier alpha value is -3.25. The summed E-state index contributed by atoms with van der Waals surface area (Å²) in [5, 5.41) is 8.87. The van der Waals surface area contributed by atoms with E-state index < -0.39 is 0 Å². The molecule has 0 saturated heterocycles. The fourth-order valence-electron chi connectivity index (χ4n) is 2.66. The summed E-state index contributed by atoms with van der Waals surface area (Å²) in [6, 6.07) is 23.7. The molecule has 3 rings (SSSR count). The van der Waals surface area contributed by atoms with Crippen molar-refractivity contribution >= 4 is 0 Å². The Bertz CT molecular complexity index is 891. The van der Waals surface area contributed by atoms with E-state index in [1.54, 1.807) is 7.11 Å². The maximum atomic E-state index is 8.87. The minimum atomic E-state index is 0.459. The number of hydrogen-bond acceptors (Lipinski definition) is 3. The molecule has 0 saturated carbocycles. The number of hydrogen-bond donors (Lipinski definition) is 0. The van der Waals surface area contributed by atoms with E-state index in [4.69, 9.17) is 14.7 Å². The monoisotopic (exact) mass is 329 g/mol. The van der Waals surface area contributed by atoms with Gasteiger partial charge >= 0.3 is 0 Å². The van der Waals surface area contributed by atoms with Gasteiger partial charge in [0.1, 0.15) is 18.1 Å². The first-order valence-electron chi connectivity index (χ1n) is 8.06. The highest BCUT2D eigenvalue weighted by atomic mass is 16.5. The molecule has 0 fully saturated rings. The van der Waals surface area contributed by atoms with Gasteiger partial charge in [-0.2, -0.15) is 5.26 Å². The molecule has 0 radical (unpaired) electrons. The maximum Gasteiger partial charge on any atom is 0.125 e. The minimum Gasteiger partial charge on any atom is -0.496 e. The van der Waals surface area contributed by atoms with Crippen molar-refractivity contribution in [1.29, 1.82) is 5.26 Å². The van der Waals surface area contributed by atoms with Gasteiger partial charge in [0.05, 0.1) is 18.7 Å². The lowest BCUT2D eigenvalue weighted by molar-refractivity contribution is 0.296. The summed E-state index contributed by atoms with van der Waals surface area (Å²) in [6.07, 6.45) is 0. The molecule has 0 aliphatic rings. The highest BCUT2D eigenvalue weighted by Gasteiger charge is 2.05. The summed E-state index contributed by atoms with van der Waals surface area (Å²) < 4.78 is 11.3. The number of benzene rings is 3. The van der Waals surface area contributed by atoms with Crippen LogP contribution in [0.2, 0.25) is 0 Å². The standard InChI is InChI=1S/C22H19NO2/c1-16-3-12-22(24-2)20(13-16)15-25-21-10-8-19(9-11-21)18-6-4-17(14-23)5-7-18/h3-13H,15H2,1-2H3. The third kappa shape index (κ3) is 3.99. The van der Waals surface area contributed by atoms with Crippen molar-refractivity contribution in [1.82, 2.24) is 0 Å². The van der Waals surface area contributed by atoms with E-state index >= 15 is 0 Å². The lowest BCUT2D eigenvalue weighted by Crippen LogP contribution is -1.99. The molecule has 0 aliphatic heterocycles. The van der Waals surface area contributed by atoms with Crippen LogP contribution in [0, 0.1) is 18.3 Å². The van der Waals surface area contributed by atoms with Gasteiger partial charge in [-0.3, -0.25) is 0 Å². The van der Waals surface area contributed by atoms with Gasteiger partial charge in [-0.15, -0.1) is 0 Å². The number of aryl methyl sites for hydroxylation is 1. The molecule has 0 heterocycles. The van der Waals surface area contributed by atoms with Gasteiger partial charge in [0.25, 0.3) is 0 Å². The second-order valence-corrected chi connectivity index (χ2v) is 5.82. The zero-order valence-electron chi connectivity index (χ0n) is 14.3. The number of nitrogens with zero attached hydrogens (tertiary/aromatic N) is 1. The molecule has 0 aromatic heterocycles. The second kappa shape index (κ2) is 7.55. The summed E-state index contributed by atoms with van der Waals surface area (Å²) in [5.41, 5.74) is 5.03. The Morgan fingerprint density at radius 3 is 2.12 bits per heavy atom. The summed E-state index contributed by atoms with van der Waals surface area (Å²) >= 11 is 0. The van der Waals surface area contributed by atoms with Gasteiger partial charge in [0, 0.05) is 5.56 Å². The van der Waals surface area contributed by atoms with Gasteiger partial charge in [-0.1, -0.05) is 35.9 Å². The van der Waals surface area contributed by atoms with E-state index in [-0.39, 0.29) is 0 Å². The second-order valence-electron chi connectivity index (χ2n) is 5.82. The summed E-state index contributed by atoms with van der Waals surface area (Å²) in [7, 11) is 1.67. The fourth-order valence-corrected chi connectivity index (χ4v) is 2.66. The average molecular weight is 329 g/mol. The van der Waals surface area contributed by atoms with Crippen LogP contribution >= 0.6 is 0 Å². The van der Waals surface area contributed by atoms with E-state index in [1.165, 1.54) is 5.56 Å². The molecular formula is C22H19NO2. The number of ether oxygens (including phenoxy) is 2. The molecule has 3 aromatic rings. The molecule has 3 aromatic carbocycles. The zero-order valence-corrected chi connectivity index (χ0v) is 14.3. The van der Waals surface area contributed by atoms with Crippen molar-refractivity contribution in [2.75, 3.05) is 7.11 Å². The first-order chi connectivity index (χ1) is 12.2. The van der Waals surface area contributed by atoms with Gasteiger partial charge in [0.2, 0.25) is 0 Å². The lowest BCUT2D eigenvalue weighted by Gasteiger charge is -2.11. The van der Waals surface area contributed by atoms with E-state index in [9.17, 15) is 0 Å². The van der Waals surface area contributed by atoms with Crippen molar-refractivity contribution in [2.24, 2.45) is 0 Å². The van der Waals surface area contributed by atoms with Crippen LogP contribution in [-0.4, -0.2) is 7.11 Å². The van der Waals surface area contributed by atoms with Crippen molar-refractivity contribution in [3.63, 3.8) is 0 Å². The predicted molar refractivity (Wildman–Crippen MR) is 98.7 cm³/mol. The van der Waals surface area contributed by atoms with Gasteiger partial charge in [-0.05, 0) is 54.4 Å². The first kappa shape index (κ1) is 16.6. The van der Waals surface area contributed by atoms with Crippen LogP contribution in [0.4, 0.5) is 0 Å². The first-order valence-corrected chi connectivity index (χ1v) is 8.06. The minimum absolute atomic E-state index is 0.459. The number of nitriles is 1. The van der Waals surface area contributed by atoms with Crippen LogP contribution in [0.3, 0.4) is 0 Å². The highest BCUT2D eigenvalue weighted by Crippen LogP contribution is 2.25. The van der Waals surface area contributed by atoms with Crippen LogP contribution in [-0.2, 0) is 6.61 Å². The van der Waals surface area contributed by atoms with Gasteiger partial charge in [-0.25, -0.2) is 0 Å². The summed E-state index contributed by atoms with van der Waals surface area (Å²) in [4.78, 5) is 0. The fraction of sp³-hybridized carbons (Fsp3) is 0.136. The molecule has 0 aliphatic carbocycles. The summed E-state index contributed by atoms with van der Waals surface area (Å²) in [5.74, 6) is 1.64. The van der Waals surface area contributed by atoms with E-state index in [1.807, 2.05) is 60.7 Å². The Balaban J connectivity index is 1.70. The third-order valence-electron chi connectivity index (χ3n) is 4.03. The molecule has 124 valence electrons. The molecule has 0 N–H and O–H groups in total. The Kier molecular flexibility index (Phi) is 5.01. The van der Waals surface area contributed by atoms with E-state index in [0.29, 0.717) is 12.2 Å². The largest absolute Gasteiger partial charge is 0.496 e. The Labute approximate surface area is 148 Å². The average Bonchev–Trinajstić information content (AvgIpc) is 2.67. The number of methoxy groups -OCH3 is 1. The topological polar surface area (TPSA) is 42.2 Å². The molecule has 3 nitrogen and oxygen atoms in total. The normalized spacial score (nSPS) is 10.1. The Morgan fingerprint density at radius 1 is 0.880 bits per heavy atom. The molecule has 0 unspecified atom stereocenters. The van der Waals surface area contributed by atoms with Crippen LogP contribution in [0.15, 0.2) is 66.7 Å². The van der Waals surface area contributed by atoms with Crippen LogP contribution in [0.1, 0.15) is 16.7 Å². The zero-order chi connectivity index (χ0) is 17.6. The van der Waals surface area contributed by atoms with Crippen LogP contribution < -0.4 is 9.47 Å². The third-order valence-corrected chi connectivity index (χ3v) is 4.03. The molecule has 25 heavy (non-hydrogen) atoms. The quantitative estimate of drug-likeness (QED) is 0.652. The SMILES string of the molecule is COc1ccc(C)cc1COc1ccc(-c2ccc(C#N)cc2)cc1. The maximum absolute atomic E-state index is 8.87. The molecule has 0 spiro atoms. The van der Waals surface area contributed by atoms with E-state index in [2.05, 4.69) is 19.1 Å². The molecule has 0 amide bonds.